The molecule has 2 saturated carbocycles. The average Bonchev–Trinajstić information content (AvgIpc) is 3.81. The lowest BCUT2D eigenvalue weighted by atomic mass is 9.88. The van der Waals surface area contributed by atoms with Gasteiger partial charge in [-0.2, -0.15) is 15.5 Å². The lowest BCUT2D eigenvalue weighted by Gasteiger charge is -2.27. The molecule has 0 radical (unpaired) electrons. The molecule has 36 heavy (non-hydrogen) atoms. The van der Waals surface area contributed by atoms with Crippen LogP contribution < -0.4 is 10.6 Å². The maximum absolute atomic E-state index is 13.6. The molecule has 3 N–H and O–H groups in total. The number of nitriles is 1. The van der Waals surface area contributed by atoms with Gasteiger partial charge in [0.25, 0.3) is 5.91 Å². The fraction of sp³-hybridized carbons (Fsp3) is 0.444. The number of carbonyl (C=O) groups is 2. The van der Waals surface area contributed by atoms with Crippen molar-refractivity contribution < 1.29 is 9.59 Å². The van der Waals surface area contributed by atoms with Gasteiger partial charge in [0.05, 0.1) is 11.8 Å². The van der Waals surface area contributed by atoms with E-state index >= 15 is 0 Å². The summed E-state index contributed by atoms with van der Waals surface area (Å²) in [4.78, 5) is 26.7. The Kier molecular flexibility index (Phi) is 6.35. The lowest BCUT2D eigenvalue weighted by molar-refractivity contribution is -0.119. The van der Waals surface area contributed by atoms with Gasteiger partial charge in [0.2, 0.25) is 5.91 Å². The predicted molar refractivity (Wildman–Crippen MR) is 135 cm³/mol. The van der Waals surface area contributed by atoms with Gasteiger partial charge in [-0.05, 0) is 88.0 Å². The molecule has 1 unspecified atom stereocenters. The number of anilines is 1. The molecule has 9 heteroatoms. The molecule has 2 aromatic heterocycles. The molecule has 2 heterocycles. The van der Waals surface area contributed by atoms with E-state index in [2.05, 4.69) is 32.0 Å². The minimum Gasteiger partial charge on any atom is -0.339 e. The molecule has 3 aromatic rings. The number of carbonyl (C=O) groups excluding carboxylic acids is 2. The number of aromatic amines is 1. The number of amides is 2. The van der Waals surface area contributed by atoms with Gasteiger partial charge in [-0.3, -0.25) is 19.4 Å². The zero-order valence-electron chi connectivity index (χ0n) is 20.8. The third kappa shape index (κ3) is 4.89. The Morgan fingerprint density at radius 1 is 1.11 bits per heavy atom. The molecule has 9 nitrogen and oxygen atoms in total. The van der Waals surface area contributed by atoms with Crippen LogP contribution in [-0.4, -0.2) is 37.8 Å². The molecule has 2 fully saturated rings. The highest BCUT2D eigenvalue weighted by molar-refractivity contribution is 6.00. The summed E-state index contributed by atoms with van der Waals surface area (Å²) >= 11 is 0. The van der Waals surface area contributed by atoms with Gasteiger partial charge >= 0.3 is 0 Å². The first kappa shape index (κ1) is 23.8. The summed E-state index contributed by atoms with van der Waals surface area (Å²) in [7, 11) is 0. The zero-order chi connectivity index (χ0) is 25.4. The fourth-order valence-corrected chi connectivity index (χ4v) is 5.09. The van der Waals surface area contributed by atoms with Crippen molar-refractivity contribution in [2.75, 3.05) is 5.32 Å². The molecule has 5 rings (SSSR count). The standard InChI is InChI=1S/C27H31N7O2/c1-15(14-28)34-13-12-22(33-34)26(35)30-25(24(19-4-5-19)20-6-7-20)27(36)29-21-10-8-18(9-11-21)23-16(2)31-32-17(23)3/h8-13,15,19-20,24-25H,4-7H2,1-3H3,(H,29,36)(H,30,35)(H,31,32)/t15?,25-/m0/s1. The van der Waals surface area contributed by atoms with Crippen LogP contribution in [0.15, 0.2) is 36.5 Å². The van der Waals surface area contributed by atoms with Gasteiger partial charge < -0.3 is 10.6 Å². The van der Waals surface area contributed by atoms with Crippen molar-refractivity contribution in [3.05, 3.63) is 53.6 Å². The monoisotopic (exact) mass is 485 g/mol. The first-order valence-corrected chi connectivity index (χ1v) is 12.5. The van der Waals surface area contributed by atoms with Crippen LogP contribution >= 0.6 is 0 Å². The Labute approximate surface area is 210 Å². The number of nitrogens with zero attached hydrogens (tertiary/aromatic N) is 4. The summed E-state index contributed by atoms with van der Waals surface area (Å²) in [5.74, 6) is 0.426. The number of aromatic nitrogens is 4. The van der Waals surface area contributed by atoms with Crippen molar-refractivity contribution in [3.8, 4) is 17.2 Å². The van der Waals surface area contributed by atoms with E-state index in [4.69, 9.17) is 5.26 Å². The molecular formula is C27H31N7O2. The fourth-order valence-electron chi connectivity index (χ4n) is 5.09. The predicted octanol–water partition coefficient (Wildman–Crippen LogP) is 4.15. The molecular weight excluding hydrogens is 454 g/mol. The molecule has 0 saturated heterocycles. The number of hydrogen-bond acceptors (Lipinski definition) is 5. The number of nitrogens with one attached hydrogen (secondary N) is 3. The second kappa shape index (κ2) is 9.61. The van der Waals surface area contributed by atoms with E-state index in [1.165, 1.54) is 4.68 Å². The number of benzene rings is 1. The quantitative estimate of drug-likeness (QED) is 0.419. The van der Waals surface area contributed by atoms with Crippen LogP contribution in [0.2, 0.25) is 0 Å². The van der Waals surface area contributed by atoms with Gasteiger partial charge in [-0.1, -0.05) is 12.1 Å². The Morgan fingerprint density at radius 3 is 2.33 bits per heavy atom. The van der Waals surface area contributed by atoms with Gasteiger partial charge in [-0.25, -0.2) is 0 Å². The van der Waals surface area contributed by atoms with Gasteiger partial charge in [0, 0.05) is 23.1 Å². The van der Waals surface area contributed by atoms with Gasteiger partial charge in [-0.15, -0.1) is 0 Å². The molecule has 186 valence electrons. The normalized spacial score (nSPS) is 16.9. The minimum atomic E-state index is -0.644. The van der Waals surface area contributed by atoms with E-state index in [1.54, 1.807) is 19.2 Å². The molecule has 0 aliphatic heterocycles. The van der Waals surface area contributed by atoms with Crippen LogP contribution in [0.25, 0.3) is 11.1 Å². The maximum atomic E-state index is 13.6. The summed E-state index contributed by atoms with van der Waals surface area (Å²) in [6, 6.07) is 10.3. The Hall–Kier alpha value is -3.93. The molecule has 0 spiro atoms. The third-order valence-corrected chi connectivity index (χ3v) is 7.28. The van der Waals surface area contributed by atoms with Crippen molar-refractivity contribution in [3.63, 3.8) is 0 Å². The van der Waals surface area contributed by atoms with E-state index in [1.807, 2.05) is 38.1 Å². The maximum Gasteiger partial charge on any atom is 0.272 e. The number of H-pyrrole nitrogens is 1. The summed E-state index contributed by atoms with van der Waals surface area (Å²) in [6.07, 6.45) is 5.98. The SMILES string of the molecule is Cc1n[nH]c(C)c1-c1ccc(NC(=O)[C@@H](NC(=O)c2ccn(C(C)C#N)n2)C(C2CC2)C2CC2)cc1. The second-order valence-electron chi connectivity index (χ2n) is 10.1. The molecule has 2 atom stereocenters. The van der Waals surface area contributed by atoms with Gasteiger partial charge in [0.1, 0.15) is 17.8 Å². The highest BCUT2D eigenvalue weighted by atomic mass is 16.2. The largest absolute Gasteiger partial charge is 0.339 e. The molecule has 0 bridgehead atoms. The molecule has 2 amide bonds. The van der Waals surface area contributed by atoms with Crippen LogP contribution in [0.5, 0.6) is 0 Å². The Balaban J connectivity index is 1.34. The summed E-state index contributed by atoms with van der Waals surface area (Å²) in [6.45, 7) is 5.65. The highest BCUT2D eigenvalue weighted by Crippen LogP contribution is 2.51. The Bertz CT molecular complexity index is 1280. The summed E-state index contributed by atoms with van der Waals surface area (Å²) < 4.78 is 1.45. The van der Waals surface area contributed by atoms with E-state index < -0.39 is 18.0 Å². The number of aryl methyl sites for hydroxylation is 2. The van der Waals surface area contributed by atoms with E-state index in [0.717, 1.165) is 48.2 Å². The third-order valence-electron chi connectivity index (χ3n) is 7.28. The van der Waals surface area contributed by atoms with Gasteiger partial charge in [0.15, 0.2) is 0 Å². The van der Waals surface area contributed by atoms with Crippen molar-refractivity contribution in [1.29, 1.82) is 5.26 Å². The molecule has 2 aliphatic rings. The van der Waals surface area contributed by atoms with Crippen molar-refractivity contribution in [2.24, 2.45) is 17.8 Å². The van der Waals surface area contributed by atoms with Crippen LogP contribution in [0.1, 0.15) is 60.5 Å². The first-order valence-electron chi connectivity index (χ1n) is 12.5. The van der Waals surface area contributed by atoms with Crippen LogP contribution in [0.3, 0.4) is 0 Å². The average molecular weight is 486 g/mol. The highest BCUT2D eigenvalue weighted by Gasteiger charge is 2.48. The smallest absolute Gasteiger partial charge is 0.272 e. The number of rotatable bonds is 9. The number of hydrogen-bond donors (Lipinski definition) is 3. The van der Waals surface area contributed by atoms with Crippen molar-refractivity contribution >= 4 is 17.5 Å². The lowest BCUT2D eigenvalue weighted by Crippen LogP contribution is -2.50. The van der Waals surface area contributed by atoms with E-state index in [-0.39, 0.29) is 17.5 Å². The summed E-state index contributed by atoms with van der Waals surface area (Å²) in [5, 5.41) is 26.7. The molecule has 1 aromatic carbocycles. The van der Waals surface area contributed by atoms with Crippen LogP contribution in [-0.2, 0) is 4.79 Å². The second-order valence-corrected chi connectivity index (χ2v) is 10.1. The van der Waals surface area contributed by atoms with Crippen molar-refractivity contribution in [1.82, 2.24) is 25.3 Å². The Morgan fingerprint density at radius 2 is 1.78 bits per heavy atom. The first-order chi connectivity index (χ1) is 17.4. The van der Waals surface area contributed by atoms with E-state index in [9.17, 15) is 9.59 Å². The van der Waals surface area contributed by atoms with E-state index in [0.29, 0.717) is 17.5 Å². The van der Waals surface area contributed by atoms with Crippen LogP contribution in [0, 0.1) is 42.9 Å². The summed E-state index contributed by atoms with van der Waals surface area (Å²) in [5.41, 5.74) is 4.89. The topological polar surface area (TPSA) is 128 Å². The van der Waals surface area contributed by atoms with Crippen molar-refractivity contribution in [2.45, 2.75) is 58.5 Å². The van der Waals surface area contributed by atoms with Crippen LogP contribution in [0.4, 0.5) is 5.69 Å². The minimum absolute atomic E-state index is 0.115. The zero-order valence-corrected chi connectivity index (χ0v) is 20.8. The molecule has 2 aliphatic carbocycles.